The summed E-state index contributed by atoms with van der Waals surface area (Å²) in [6, 6.07) is 11.4. The van der Waals surface area contributed by atoms with Gasteiger partial charge in [-0.05, 0) is 54.6 Å². The monoisotopic (exact) mass is 288 g/mol. The Labute approximate surface area is 126 Å². The minimum atomic E-state index is 0.291. The van der Waals surface area contributed by atoms with Crippen molar-refractivity contribution in [2.24, 2.45) is 0 Å². The zero-order valence-corrected chi connectivity index (χ0v) is 13.6. The molecule has 1 aromatic heterocycles. The average Bonchev–Trinajstić information content (AvgIpc) is 2.86. The Hall–Kier alpha value is -1.32. The summed E-state index contributed by atoms with van der Waals surface area (Å²) in [5, 5.41) is 5.94. The van der Waals surface area contributed by atoms with E-state index in [4.69, 9.17) is 0 Å². The average molecular weight is 288 g/mol. The molecular weight excluding hydrogens is 264 g/mol. The van der Waals surface area contributed by atoms with Gasteiger partial charge in [-0.1, -0.05) is 19.1 Å². The molecule has 0 spiro atoms. The van der Waals surface area contributed by atoms with Crippen molar-refractivity contribution in [2.75, 3.05) is 25.5 Å². The van der Waals surface area contributed by atoms with Crippen LogP contribution in [0.15, 0.2) is 35.7 Å². The molecule has 0 bridgehead atoms. The van der Waals surface area contributed by atoms with Crippen molar-refractivity contribution in [3.8, 4) is 0 Å². The number of thiophene rings is 1. The minimum Gasteiger partial charge on any atom is -0.378 e. The Morgan fingerprint density at radius 3 is 2.60 bits per heavy atom. The van der Waals surface area contributed by atoms with Gasteiger partial charge < -0.3 is 10.2 Å². The van der Waals surface area contributed by atoms with Crippen molar-refractivity contribution >= 4 is 17.0 Å². The van der Waals surface area contributed by atoms with Crippen molar-refractivity contribution in [3.63, 3.8) is 0 Å². The van der Waals surface area contributed by atoms with E-state index in [0.717, 1.165) is 13.0 Å². The number of rotatable bonds is 6. The lowest BCUT2D eigenvalue weighted by Crippen LogP contribution is -2.23. The highest BCUT2D eigenvalue weighted by molar-refractivity contribution is 7.10. The van der Waals surface area contributed by atoms with Gasteiger partial charge in [0.2, 0.25) is 0 Å². The molecule has 20 heavy (non-hydrogen) atoms. The number of hydrogen-bond acceptors (Lipinski definition) is 3. The summed E-state index contributed by atoms with van der Waals surface area (Å²) in [5.74, 6) is 0. The number of hydrogen-bond donors (Lipinski definition) is 1. The Balaban J connectivity index is 2.33. The molecule has 1 unspecified atom stereocenters. The van der Waals surface area contributed by atoms with E-state index < -0.39 is 0 Å². The van der Waals surface area contributed by atoms with Crippen LogP contribution in [0.3, 0.4) is 0 Å². The second-order valence-electron chi connectivity index (χ2n) is 5.37. The molecule has 3 heteroatoms. The predicted molar refractivity (Wildman–Crippen MR) is 90.0 cm³/mol. The highest BCUT2D eigenvalue weighted by Gasteiger charge is 2.15. The maximum atomic E-state index is 3.67. The van der Waals surface area contributed by atoms with Gasteiger partial charge in [-0.25, -0.2) is 0 Å². The molecule has 2 aromatic rings. The van der Waals surface area contributed by atoms with Gasteiger partial charge in [-0.3, -0.25) is 0 Å². The molecule has 1 heterocycles. The van der Waals surface area contributed by atoms with Crippen LogP contribution in [0.5, 0.6) is 0 Å². The number of benzene rings is 1. The normalized spacial score (nSPS) is 12.4. The fourth-order valence-electron chi connectivity index (χ4n) is 2.31. The third-order valence-electron chi connectivity index (χ3n) is 3.40. The highest BCUT2D eigenvalue weighted by atomic mass is 32.1. The molecule has 0 aliphatic rings. The molecule has 0 saturated carbocycles. The van der Waals surface area contributed by atoms with E-state index in [0.29, 0.717) is 6.04 Å². The molecule has 1 N–H and O–H groups in total. The van der Waals surface area contributed by atoms with Gasteiger partial charge in [0.25, 0.3) is 0 Å². The summed E-state index contributed by atoms with van der Waals surface area (Å²) in [5.41, 5.74) is 3.96. The second-order valence-corrected chi connectivity index (χ2v) is 6.48. The van der Waals surface area contributed by atoms with Crippen molar-refractivity contribution in [3.05, 3.63) is 51.7 Å². The van der Waals surface area contributed by atoms with Crippen LogP contribution in [0.2, 0.25) is 0 Å². The number of nitrogens with one attached hydrogen (secondary N) is 1. The Morgan fingerprint density at radius 2 is 2.00 bits per heavy atom. The van der Waals surface area contributed by atoms with Crippen LogP contribution in [-0.4, -0.2) is 20.6 Å². The van der Waals surface area contributed by atoms with Gasteiger partial charge in [-0.2, -0.15) is 0 Å². The van der Waals surface area contributed by atoms with Gasteiger partial charge >= 0.3 is 0 Å². The lowest BCUT2D eigenvalue weighted by molar-refractivity contribution is 0.600. The summed E-state index contributed by atoms with van der Waals surface area (Å²) < 4.78 is 0. The van der Waals surface area contributed by atoms with E-state index in [1.165, 1.54) is 21.7 Å². The number of nitrogens with zero attached hydrogens (tertiary/aromatic N) is 1. The van der Waals surface area contributed by atoms with E-state index in [2.05, 4.69) is 73.9 Å². The molecule has 1 atom stereocenters. The van der Waals surface area contributed by atoms with E-state index in [-0.39, 0.29) is 0 Å². The maximum Gasteiger partial charge on any atom is 0.0585 e. The van der Waals surface area contributed by atoms with Crippen molar-refractivity contribution in [1.82, 2.24) is 5.32 Å². The lowest BCUT2D eigenvalue weighted by atomic mass is 10.00. The molecular formula is C17H24N2S. The Morgan fingerprint density at radius 1 is 1.20 bits per heavy atom. The maximum absolute atomic E-state index is 3.67. The third-order valence-corrected chi connectivity index (χ3v) is 4.28. The quantitative estimate of drug-likeness (QED) is 0.856. The van der Waals surface area contributed by atoms with E-state index in [9.17, 15) is 0 Å². The minimum absolute atomic E-state index is 0.291. The molecule has 0 saturated heterocycles. The summed E-state index contributed by atoms with van der Waals surface area (Å²) in [6.45, 7) is 5.41. The molecule has 0 amide bonds. The molecule has 108 valence electrons. The fraction of sp³-hybridized carbons (Fsp3) is 0.412. The fourth-order valence-corrected chi connectivity index (χ4v) is 3.04. The van der Waals surface area contributed by atoms with Crippen molar-refractivity contribution < 1.29 is 0 Å². The standard InChI is InChI=1S/C17H24N2S/c1-5-9-18-17(15-10-13(2)20-12-15)14-7-6-8-16(11-14)19(3)4/h6-8,10-12,17-18H,5,9H2,1-4H3. The van der Waals surface area contributed by atoms with Crippen LogP contribution in [0, 0.1) is 6.92 Å². The second kappa shape index (κ2) is 6.91. The SMILES string of the molecule is CCCNC(c1cccc(N(C)C)c1)c1csc(C)c1. The first-order chi connectivity index (χ1) is 9.61. The van der Waals surface area contributed by atoms with Gasteiger partial charge in [0.05, 0.1) is 6.04 Å². The molecule has 0 aliphatic heterocycles. The van der Waals surface area contributed by atoms with Crippen LogP contribution in [0.25, 0.3) is 0 Å². The highest BCUT2D eigenvalue weighted by Crippen LogP contribution is 2.28. The largest absolute Gasteiger partial charge is 0.378 e. The lowest BCUT2D eigenvalue weighted by Gasteiger charge is -2.21. The van der Waals surface area contributed by atoms with Crippen LogP contribution in [-0.2, 0) is 0 Å². The molecule has 0 fully saturated rings. The molecule has 0 radical (unpaired) electrons. The van der Waals surface area contributed by atoms with E-state index >= 15 is 0 Å². The molecule has 2 rings (SSSR count). The van der Waals surface area contributed by atoms with Crippen molar-refractivity contribution in [2.45, 2.75) is 26.3 Å². The first kappa shape index (κ1) is 15.1. The molecule has 1 aromatic carbocycles. The predicted octanol–water partition coefficient (Wildman–Crippen LogP) is 4.21. The van der Waals surface area contributed by atoms with E-state index in [1.54, 1.807) is 0 Å². The molecule has 2 nitrogen and oxygen atoms in total. The number of anilines is 1. The van der Waals surface area contributed by atoms with Crippen LogP contribution < -0.4 is 10.2 Å². The zero-order valence-electron chi connectivity index (χ0n) is 12.8. The molecule has 0 aliphatic carbocycles. The summed E-state index contributed by atoms with van der Waals surface area (Å²) in [7, 11) is 4.17. The topological polar surface area (TPSA) is 15.3 Å². The van der Waals surface area contributed by atoms with Gasteiger partial charge in [-0.15, -0.1) is 11.3 Å². The van der Waals surface area contributed by atoms with Gasteiger partial charge in [0, 0.05) is 24.7 Å². The Kier molecular flexibility index (Phi) is 5.21. The van der Waals surface area contributed by atoms with Gasteiger partial charge in [0.15, 0.2) is 0 Å². The smallest absolute Gasteiger partial charge is 0.0585 e. The number of aryl methyl sites for hydroxylation is 1. The van der Waals surface area contributed by atoms with Crippen LogP contribution in [0.4, 0.5) is 5.69 Å². The summed E-state index contributed by atoms with van der Waals surface area (Å²) >= 11 is 1.82. The van der Waals surface area contributed by atoms with Crippen LogP contribution in [0.1, 0.15) is 35.4 Å². The first-order valence-corrected chi connectivity index (χ1v) is 8.05. The van der Waals surface area contributed by atoms with E-state index in [1.807, 2.05) is 11.3 Å². The first-order valence-electron chi connectivity index (χ1n) is 7.17. The van der Waals surface area contributed by atoms with Crippen molar-refractivity contribution in [1.29, 1.82) is 0 Å². The third kappa shape index (κ3) is 3.62. The van der Waals surface area contributed by atoms with Crippen LogP contribution >= 0.6 is 11.3 Å². The Bertz CT molecular complexity index is 545. The summed E-state index contributed by atoms with van der Waals surface area (Å²) in [6.07, 6.45) is 1.15. The zero-order chi connectivity index (χ0) is 14.5. The summed E-state index contributed by atoms with van der Waals surface area (Å²) in [4.78, 5) is 3.52. The van der Waals surface area contributed by atoms with Gasteiger partial charge in [0.1, 0.15) is 0 Å².